The van der Waals surface area contributed by atoms with Crippen LogP contribution >= 0.6 is 0 Å². The largest absolute Gasteiger partial charge is 0.462 e. The van der Waals surface area contributed by atoms with E-state index >= 15 is 0 Å². The number of ether oxygens (including phenoxy) is 3. The minimum absolute atomic E-state index is 0.105. The minimum Gasteiger partial charge on any atom is -0.462 e. The molecule has 0 radical (unpaired) electrons. The topological polar surface area (TPSA) is 78.9 Å². The molecule has 0 rings (SSSR count). The normalized spacial score (nSPS) is 12.8. The van der Waals surface area contributed by atoms with Crippen molar-refractivity contribution in [3.8, 4) is 0 Å². The first-order valence-corrected chi connectivity index (χ1v) is 25.6. The third-order valence-electron chi connectivity index (χ3n) is 10.7. The summed E-state index contributed by atoms with van der Waals surface area (Å²) in [5, 5.41) is 0. The molecule has 0 saturated heterocycles. The van der Waals surface area contributed by atoms with E-state index in [0.717, 1.165) is 89.9 Å². The highest BCUT2D eigenvalue weighted by Crippen LogP contribution is 2.13. The Morgan fingerprint density at radius 2 is 0.710 bits per heavy atom. The molecule has 0 aromatic carbocycles. The van der Waals surface area contributed by atoms with Gasteiger partial charge in [-0.2, -0.15) is 0 Å². The lowest BCUT2D eigenvalue weighted by Crippen LogP contribution is -2.30. The van der Waals surface area contributed by atoms with E-state index in [2.05, 4.69) is 106 Å². The molecular weight excluding hydrogens is 769 g/mol. The Bertz CT molecular complexity index is 1220. The van der Waals surface area contributed by atoms with E-state index in [0.29, 0.717) is 19.3 Å². The van der Waals surface area contributed by atoms with E-state index in [9.17, 15) is 14.4 Å². The van der Waals surface area contributed by atoms with Crippen molar-refractivity contribution in [2.45, 2.75) is 239 Å². The number of unbranched alkanes of at least 4 members (excludes halogenated alkanes) is 22. The average Bonchev–Trinajstić information content (AvgIpc) is 3.27. The quantitative estimate of drug-likeness (QED) is 0.0199. The number of carbonyl (C=O) groups excluding carboxylic acids is 3. The monoisotopic (exact) mass is 863 g/mol. The van der Waals surface area contributed by atoms with Crippen LogP contribution in [0.5, 0.6) is 0 Å². The van der Waals surface area contributed by atoms with E-state index in [-0.39, 0.29) is 37.5 Å². The fraction of sp³-hybridized carbons (Fsp3) is 0.696. The van der Waals surface area contributed by atoms with Crippen LogP contribution < -0.4 is 0 Å². The molecular formula is C56H94O6. The third-order valence-corrected chi connectivity index (χ3v) is 10.7. The molecule has 0 aliphatic heterocycles. The van der Waals surface area contributed by atoms with Crippen molar-refractivity contribution in [3.63, 3.8) is 0 Å². The van der Waals surface area contributed by atoms with Gasteiger partial charge in [0.25, 0.3) is 0 Å². The van der Waals surface area contributed by atoms with Crippen molar-refractivity contribution in [2.75, 3.05) is 13.2 Å². The number of rotatable bonds is 45. The van der Waals surface area contributed by atoms with Gasteiger partial charge in [0, 0.05) is 19.3 Å². The Morgan fingerprint density at radius 3 is 1.21 bits per heavy atom. The average molecular weight is 863 g/mol. The van der Waals surface area contributed by atoms with Gasteiger partial charge in [-0.3, -0.25) is 14.4 Å². The van der Waals surface area contributed by atoms with E-state index in [1.54, 1.807) is 0 Å². The highest BCUT2D eigenvalue weighted by Gasteiger charge is 2.19. The molecule has 0 aliphatic carbocycles. The lowest BCUT2D eigenvalue weighted by Gasteiger charge is -2.18. The first-order valence-electron chi connectivity index (χ1n) is 25.6. The molecule has 1 unspecified atom stereocenters. The molecule has 62 heavy (non-hydrogen) atoms. The van der Waals surface area contributed by atoms with Crippen LogP contribution in [0.2, 0.25) is 0 Å². The standard InChI is InChI=1S/C56H94O6/c1-4-7-10-13-16-19-22-24-26-27-28-30-31-34-37-40-43-46-49-55(58)61-52-53(51-60-54(57)48-45-42-39-36-33-21-18-15-12-9-6-3)62-56(59)50-47-44-41-38-35-32-29-25-23-20-17-14-11-8-5-2/h9,12,18,20-24,26-28,30,36,39,53H,4-8,10-11,13-17,19,25,29,31-35,37-38,40-52H2,1-3H3/b12-9-,21-18-,23-20-,24-22-,27-26-,30-28-,39-36-. The zero-order valence-corrected chi connectivity index (χ0v) is 40.4. The first-order chi connectivity index (χ1) is 30.5. The zero-order valence-electron chi connectivity index (χ0n) is 40.4. The molecule has 0 heterocycles. The Labute approximate surface area is 382 Å². The molecule has 0 aliphatic rings. The zero-order chi connectivity index (χ0) is 45.1. The van der Waals surface area contributed by atoms with Crippen molar-refractivity contribution < 1.29 is 28.6 Å². The second-order valence-electron chi connectivity index (χ2n) is 16.7. The number of esters is 3. The molecule has 6 nitrogen and oxygen atoms in total. The van der Waals surface area contributed by atoms with Crippen molar-refractivity contribution in [2.24, 2.45) is 0 Å². The molecule has 354 valence electrons. The molecule has 1 atom stereocenters. The van der Waals surface area contributed by atoms with Gasteiger partial charge >= 0.3 is 17.9 Å². The molecule has 0 fully saturated rings. The van der Waals surface area contributed by atoms with Crippen LogP contribution in [0.4, 0.5) is 0 Å². The van der Waals surface area contributed by atoms with Gasteiger partial charge in [-0.05, 0) is 96.3 Å². The van der Waals surface area contributed by atoms with Gasteiger partial charge in [0.05, 0.1) is 0 Å². The number of allylic oxidation sites excluding steroid dienone is 14. The lowest BCUT2D eigenvalue weighted by atomic mass is 10.1. The van der Waals surface area contributed by atoms with Gasteiger partial charge in [0.15, 0.2) is 6.10 Å². The van der Waals surface area contributed by atoms with Crippen molar-refractivity contribution >= 4 is 17.9 Å². The second kappa shape index (κ2) is 50.2. The van der Waals surface area contributed by atoms with Crippen molar-refractivity contribution in [1.29, 1.82) is 0 Å². The third kappa shape index (κ3) is 47.6. The van der Waals surface area contributed by atoms with Crippen LogP contribution in [0.3, 0.4) is 0 Å². The van der Waals surface area contributed by atoms with Gasteiger partial charge in [-0.1, -0.05) is 202 Å². The molecule has 0 bridgehead atoms. The summed E-state index contributed by atoms with van der Waals surface area (Å²) in [6, 6.07) is 0. The van der Waals surface area contributed by atoms with E-state index in [1.807, 2.05) is 0 Å². The maximum atomic E-state index is 12.8. The SMILES string of the molecule is CC/C=C\C/C=C\C/C=C\CCCC(=O)OCC(COC(=O)CCCCCCC\C=C/C=C\C=C/CCCCCCC)OC(=O)CCCCCCCCC/C=C\CCCCCC. The summed E-state index contributed by atoms with van der Waals surface area (Å²) in [4.78, 5) is 37.9. The lowest BCUT2D eigenvalue weighted by molar-refractivity contribution is -0.167. The summed E-state index contributed by atoms with van der Waals surface area (Å²) in [6.45, 7) is 6.42. The van der Waals surface area contributed by atoms with Crippen molar-refractivity contribution in [1.82, 2.24) is 0 Å². The van der Waals surface area contributed by atoms with E-state index in [4.69, 9.17) is 14.2 Å². The number of hydrogen-bond acceptors (Lipinski definition) is 6. The number of carbonyl (C=O) groups is 3. The van der Waals surface area contributed by atoms with Crippen LogP contribution in [0.1, 0.15) is 233 Å². The molecule has 0 aromatic heterocycles. The van der Waals surface area contributed by atoms with Gasteiger partial charge in [0.1, 0.15) is 13.2 Å². The molecule has 0 aromatic rings. The Kier molecular flexibility index (Phi) is 47.5. The predicted octanol–water partition coefficient (Wildman–Crippen LogP) is 16.8. The Hall–Kier alpha value is -3.41. The number of hydrogen-bond donors (Lipinski definition) is 0. The summed E-state index contributed by atoms with van der Waals surface area (Å²) in [7, 11) is 0. The smallest absolute Gasteiger partial charge is 0.306 e. The Morgan fingerprint density at radius 1 is 0.355 bits per heavy atom. The fourth-order valence-corrected chi connectivity index (χ4v) is 6.81. The molecule has 0 spiro atoms. The maximum Gasteiger partial charge on any atom is 0.306 e. The first kappa shape index (κ1) is 58.6. The van der Waals surface area contributed by atoms with Crippen LogP contribution in [-0.4, -0.2) is 37.2 Å². The van der Waals surface area contributed by atoms with Gasteiger partial charge in [-0.25, -0.2) is 0 Å². The highest BCUT2D eigenvalue weighted by molar-refractivity contribution is 5.71. The van der Waals surface area contributed by atoms with Gasteiger partial charge < -0.3 is 14.2 Å². The van der Waals surface area contributed by atoms with Gasteiger partial charge in [-0.15, -0.1) is 0 Å². The molecule has 0 saturated carbocycles. The summed E-state index contributed by atoms with van der Waals surface area (Å²) >= 11 is 0. The highest BCUT2D eigenvalue weighted by atomic mass is 16.6. The van der Waals surface area contributed by atoms with E-state index in [1.165, 1.54) is 96.3 Å². The van der Waals surface area contributed by atoms with Crippen LogP contribution in [-0.2, 0) is 28.6 Å². The van der Waals surface area contributed by atoms with Crippen LogP contribution in [0.15, 0.2) is 85.1 Å². The fourth-order valence-electron chi connectivity index (χ4n) is 6.81. The second-order valence-corrected chi connectivity index (χ2v) is 16.7. The maximum absolute atomic E-state index is 12.8. The summed E-state index contributed by atoms with van der Waals surface area (Å²) in [5.74, 6) is -0.986. The van der Waals surface area contributed by atoms with Crippen molar-refractivity contribution in [3.05, 3.63) is 85.1 Å². The summed E-state index contributed by atoms with van der Waals surface area (Å²) in [6.07, 6.45) is 64.3. The predicted molar refractivity (Wildman–Crippen MR) is 265 cm³/mol. The molecule has 0 N–H and O–H groups in total. The van der Waals surface area contributed by atoms with Gasteiger partial charge in [0.2, 0.25) is 0 Å². The molecule has 6 heteroatoms. The van der Waals surface area contributed by atoms with Crippen LogP contribution in [0, 0.1) is 0 Å². The minimum atomic E-state index is -0.807. The molecule has 0 amide bonds. The summed E-state index contributed by atoms with van der Waals surface area (Å²) < 4.78 is 16.7. The Balaban J connectivity index is 4.46. The van der Waals surface area contributed by atoms with E-state index < -0.39 is 6.10 Å². The summed E-state index contributed by atoms with van der Waals surface area (Å²) in [5.41, 5.74) is 0. The van der Waals surface area contributed by atoms with Crippen LogP contribution in [0.25, 0.3) is 0 Å².